The predicted molar refractivity (Wildman–Crippen MR) is 84.0 cm³/mol. The van der Waals surface area contributed by atoms with E-state index in [1.165, 1.54) is 0 Å². The highest BCUT2D eigenvalue weighted by Gasteiger charge is 2.25. The average Bonchev–Trinajstić information content (AvgIpc) is 3.05. The van der Waals surface area contributed by atoms with Crippen molar-refractivity contribution in [3.8, 4) is 0 Å². The van der Waals surface area contributed by atoms with Crippen molar-refractivity contribution in [2.24, 2.45) is 0 Å². The number of carbonyl (C=O) groups is 1. The molecule has 1 aliphatic rings. The van der Waals surface area contributed by atoms with Crippen molar-refractivity contribution < 1.29 is 17.7 Å². The number of benzene rings is 1. The first-order chi connectivity index (χ1) is 10.9. The van der Waals surface area contributed by atoms with Crippen LogP contribution in [-0.2, 0) is 10.0 Å². The number of aromatic nitrogens is 1. The highest BCUT2D eigenvalue weighted by atomic mass is 32.2. The van der Waals surface area contributed by atoms with Gasteiger partial charge in [0.1, 0.15) is 5.69 Å². The van der Waals surface area contributed by atoms with Gasteiger partial charge in [0.2, 0.25) is 0 Å². The van der Waals surface area contributed by atoms with E-state index >= 15 is 0 Å². The Morgan fingerprint density at radius 2 is 2.13 bits per heavy atom. The molecule has 1 aromatic heterocycles. The van der Waals surface area contributed by atoms with E-state index in [9.17, 15) is 13.2 Å². The largest absolute Gasteiger partial charge is 0.360 e. The molecular formula is C14H16N4O4S. The maximum Gasteiger partial charge on any atom is 0.321 e. The molecule has 0 saturated carbocycles. The van der Waals surface area contributed by atoms with Gasteiger partial charge in [-0.05, 0) is 32.0 Å². The third-order valence-corrected chi connectivity index (χ3v) is 5.13. The van der Waals surface area contributed by atoms with Gasteiger partial charge in [-0.25, -0.2) is 13.2 Å². The number of urea groups is 1. The van der Waals surface area contributed by atoms with Crippen LogP contribution >= 0.6 is 0 Å². The molecule has 8 nitrogen and oxygen atoms in total. The van der Waals surface area contributed by atoms with E-state index in [0.29, 0.717) is 30.2 Å². The summed E-state index contributed by atoms with van der Waals surface area (Å²) in [4.78, 5) is 13.3. The summed E-state index contributed by atoms with van der Waals surface area (Å²) in [7, 11) is -3.81. The van der Waals surface area contributed by atoms with Crippen molar-refractivity contribution in [3.05, 3.63) is 35.7 Å². The van der Waals surface area contributed by atoms with Crippen molar-refractivity contribution in [1.29, 1.82) is 0 Å². The second kappa shape index (κ2) is 5.58. The van der Waals surface area contributed by atoms with Gasteiger partial charge in [-0.3, -0.25) is 9.62 Å². The smallest absolute Gasteiger partial charge is 0.321 e. The van der Waals surface area contributed by atoms with Crippen LogP contribution < -0.4 is 14.9 Å². The van der Waals surface area contributed by atoms with Gasteiger partial charge in [0.15, 0.2) is 10.7 Å². The second-order valence-corrected chi connectivity index (χ2v) is 6.81. The zero-order chi connectivity index (χ0) is 16.6. The van der Waals surface area contributed by atoms with E-state index in [2.05, 4.69) is 15.2 Å². The quantitative estimate of drug-likeness (QED) is 0.883. The summed E-state index contributed by atoms with van der Waals surface area (Å²) in [6.45, 7) is 4.21. The van der Waals surface area contributed by atoms with Crippen LogP contribution in [0.3, 0.4) is 0 Å². The van der Waals surface area contributed by atoms with Gasteiger partial charge in [0, 0.05) is 18.8 Å². The van der Waals surface area contributed by atoms with Crippen molar-refractivity contribution in [2.75, 3.05) is 22.7 Å². The van der Waals surface area contributed by atoms with Gasteiger partial charge < -0.3 is 9.84 Å². The van der Waals surface area contributed by atoms with E-state index in [0.717, 1.165) is 0 Å². The minimum atomic E-state index is -3.81. The van der Waals surface area contributed by atoms with Gasteiger partial charge in [-0.1, -0.05) is 11.2 Å². The number of anilines is 2. The number of amides is 2. The topological polar surface area (TPSA) is 105 Å². The van der Waals surface area contributed by atoms with Crippen LogP contribution in [0.15, 0.2) is 33.7 Å². The lowest BCUT2D eigenvalue weighted by Crippen LogP contribution is -2.27. The number of hydrogen-bond acceptors (Lipinski definition) is 5. The summed E-state index contributed by atoms with van der Waals surface area (Å²) in [5, 5.41) is 6.36. The fraction of sp³-hybridized carbons (Fsp3) is 0.286. The number of sulfonamides is 1. The summed E-state index contributed by atoms with van der Waals surface area (Å²) in [6.07, 6.45) is 0. The van der Waals surface area contributed by atoms with Crippen LogP contribution in [0.4, 0.5) is 16.2 Å². The Hall–Kier alpha value is -2.55. The highest BCUT2D eigenvalue weighted by molar-refractivity contribution is 7.92. The van der Waals surface area contributed by atoms with Crippen molar-refractivity contribution in [2.45, 2.75) is 18.7 Å². The summed E-state index contributed by atoms with van der Waals surface area (Å²) in [5.74, 6) is 0.227. The first-order valence-electron chi connectivity index (χ1n) is 6.99. The molecule has 2 heterocycles. The molecule has 0 unspecified atom stereocenters. The number of hydrogen-bond donors (Lipinski definition) is 2. The molecule has 1 aliphatic heterocycles. The van der Waals surface area contributed by atoms with Crippen LogP contribution in [0.25, 0.3) is 0 Å². The predicted octanol–water partition coefficient (Wildman–Crippen LogP) is 1.62. The number of nitrogens with zero attached hydrogens (tertiary/aromatic N) is 2. The van der Waals surface area contributed by atoms with E-state index in [1.807, 2.05) is 0 Å². The summed E-state index contributed by atoms with van der Waals surface area (Å²) in [5.41, 5.74) is 1.28. The molecule has 2 aromatic rings. The normalized spacial score (nSPS) is 14.9. The third kappa shape index (κ3) is 2.87. The van der Waals surface area contributed by atoms with Crippen LogP contribution in [0.2, 0.25) is 0 Å². The van der Waals surface area contributed by atoms with E-state index in [1.54, 1.807) is 43.0 Å². The Bertz CT molecular complexity index is 840. The van der Waals surface area contributed by atoms with E-state index in [-0.39, 0.29) is 16.7 Å². The van der Waals surface area contributed by atoms with E-state index in [4.69, 9.17) is 4.52 Å². The molecule has 1 fully saturated rings. The van der Waals surface area contributed by atoms with Crippen LogP contribution in [0.5, 0.6) is 0 Å². The Kier molecular flexibility index (Phi) is 3.72. The number of rotatable bonds is 4. The SMILES string of the molecule is Cc1noc(C)c1S(=O)(=O)Nc1cccc(N2CCNC2=O)c1. The maximum absolute atomic E-state index is 12.5. The van der Waals surface area contributed by atoms with Crippen LogP contribution in [0, 0.1) is 13.8 Å². The molecular weight excluding hydrogens is 320 g/mol. The average molecular weight is 336 g/mol. The van der Waals surface area contributed by atoms with Crippen molar-refractivity contribution >= 4 is 27.4 Å². The molecule has 0 radical (unpaired) electrons. The van der Waals surface area contributed by atoms with Crippen molar-refractivity contribution in [3.63, 3.8) is 0 Å². The lowest BCUT2D eigenvalue weighted by Gasteiger charge is -2.15. The molecule has 0 bridgehead atoms. The molecule has 3 rings (SSSR count). The zero-order valence-electron chi connectivity index (χ0n) is 12.7. The Labute approximate surface area is 133 Å². The van der Waals surface area contributed by atoms with Gasteiger partial charge in [-0.2, -0.15) is 0 Å². The lowest BCUT2D eigenvalue weighted by molar-refractivity contribution is 0.252. The van der Waals surface area contributed by atoms with E-state index < -0.39 is 10.0 Å². The minimum absolute atomic E-state index is 0.0295. The van der Waals surface area contributed by atoms with Crippen molar-refractivity contribution in [1.82, 2.24) is 10.5 Å². The molecule has 1 saturated heterocycles. The molecule has 122 valence electrons. The zero-order valence-corrected chi connectivity index (χ0v) is 13.5. The minimum Gasteiger partial charge on any atom is -0.360 e. The number of aryl methyl sites for hydroxylation is 2. The Morgan fingerprint density at radius 1 is 1.35 bits per heavy atom. The molecule has 23 heavy (non-hydrogen) atoms. The number of carbonyl (C=O) groups excluding carboxylic acids is 1. The van der Waals surface area contributed by atoms with Crippen LogP contribution in [0.1, 0.15) is 11.5 Å². The standard InChI is InChI=1S/C14H16N4O4S/c1-9-13(10(2)22-16-9)23(20,21)17-11-4-3-5-12(8-11)18-7-6-15-14(18)19/h3-5,8,17H,6-7H2,1-2H3,(H,15,19). The van der Waals surface area contributed by atoms with Crippen LogP contribution in [-0.4, -0.2) is 32.7 Å². The fourth-order valence-corrected chi connectivity index (χ4v) is 3.90. The molecule has 2 amide bonds. The Balaban J connectivity index is 1.90. The summed E-state index contributed by atoms with van der Waals surface area (Å²) in [6, 6.07) is 6.47. The van der Waals surface area contributed by atoms with Gasteiger partial charge >= 0.3 is 6.03 Å². The first-order valence-corrected chi connectivity index (χ1v) is 8.48. The fourth-order valence-electron chi connectivity index (χ4n) is 2.52. The molecule has 0 aliphatic carbocycles. The Morgan fingerprint density at radius 3 is 2.74 bits per heavy atom. The molecule has 2 N–H and O–H groups in total. The second-order valence-electron chi connectivity index (χ2n) is 5.19. The molecule has 9 heteroatoms. The third-order valence-electron chi connectivity index (χ3n) is 3.50. The van der Waals surface area contributed by atoms with Gasteiger partial charge in [0.25, 0.3) is 10.0 Å². The maximum atomic E-state index is 12.5. The van der Waals surface area contributed by atoms with Gasteiger partial charge in [0.05, 0.1) is 5.69 Å². The lowest BCUT2D eigenvalue weighted by atomic mass is 10.2. The summed E-state index contributed by atoms with van der Waals surface area (Å²) < 4.78 is 32.4. The number of nitrogens with one attached hydrogen (secondary N) is 2. The molecule has 1 aromatic carbocycles. The summed E-state index contributed by atoms with van der Waals surface area (Å²) >= 11 is 0. The first kappa shape index (κ1) is 15.3. The molecule has 0 atom stereocenters. The van der Waals surface area contributed by atoms with Gasteiger partial charge in [-0.15, -0.1) is 0 Å². The monoisotopic (exact) mass is 336 g/mol. The molecule has 0 spiro atoms. The highest BCUT2D eigenvalue weighted by Crippen LogP contribution is 2.25.